The second-order valence-corrected chi connectivity index (χ2v) is 7.53. The second kappa shape index (κ2) is 5.99. The average Bonchev–Trinajstić information content (AvgIpc) is 3.21. The number of carbonyl (C=O) groups excluding carboxylic acids is 1. The van der Waals surface area contributed by atoms with Gasteiger partial charge in [-0.25, -0.2) is 0 Å². The lowest BCUT2D eigenvalue weighted by Crippen LogP contribution is -2.42. The third-order valence-corrected chi connectivity index (χ3v) is 6.18. The van der Waals surface area contributed by atoms with Crippen LogP contribution in [-0.4, -0.2) is 25.2 Å². The maximum absolute atomic E-state index is 12.3. The van der Waals surface area contributed by atoms with Gasteiger partial charge in [-0.1, -0.05) is 48.5 Å². The quantitative estimate of drug-likeness (QED) is 0.932. The van der Waals surface area contributed by atoms with E-state index in [9.17, 15) is 4.79 Å². The predicted molar refractivity (Wildman–Crippen MR) is 96.7 cm³/mol. The Hall–Kier alpha value is -2.13. The summed E-state index contributed by atoms with van der Waals surface area (Å²) < 4.78 is 5.52. The first-order chi connectivity index (χ1) is 12.3. The molecule has 1 saturated heterocycles. The van der Waals surface area contributed by atoms with E-state index in [1.807, 2.05) is 0 Å². The molecule has 1 fully saturated rings. The summed E-state index contributed by atoms with van der Waals surface area (Å²) in [5.74, 6) is 1.38. The number of carbonyl (C=O) groups is 1. The minimum atomic E-state index is -0.236. The molecule has 128 valence electrons. The lowest BCUT2D eigenvalue weighted by atomic mass is 9.59. The first kappa shape index (κ1) is 15.2. The molecule has 3 aliphatic carbocycles. The number of amides is 1. The zero-order chi connectivity index (χ0) is 16.8. The third kappa shape index (κ3) is 2.41. The fourth-order valence-electron chi connectivity index (χ4n) is 5.09. The molecule has 1 amide bonds. The maximum Gasteiger partial charge on any atom is 0.249 e. The first-order valence-electron chi connectivity index (χ1n) is 9.40. The molecule has 0 saturated carbocycles. The van der Waals surface area contributed by atoms with E-state index in [-0.39, 0.29) is 12.0 Å². The van der Waals surface area contributed by atoms with Gasteiger partial charge in [-0.2, -0.15) is 0 Å². The molecule has 3 heteroatoms. The molecule has 6 rings (SSSR count). The van der Waals surface area contributed by atoms with Crippen LogP contribution in [0.5, 0.6) is 0 Å². The number of rotatable bonds is 3. The molecule has 2 atom stereocenters. The van der Waals surface area contributed by atoms with Crippen molar-refractivity contribution in [1.29, 1.82) is 0 Å². The summed E-state index contributed by atoms with van der Waals surface area (Å²) in [6.07, 6.45) is 2.73. The monoisotopic (exact) mass is 333 g/mol. The number of hydrogen-bond donors (Lipinski definition) is 1. The van der Waals surface area contributed by atoms with Crippen molar-refractivity contribution in [3.63, 3.8) is 0 Å². The Morgan fingerprint density at radius 1 is 1.00 bits per heavy atom. The molecular formula is C22H23NO2. The maximum atomic E-state index is 12.3. The van der Waals surface area contributed by atoms with E-state index in [0.29, 0.717) is 24.4 Å². The zero-order valence-electron chi connectivity index (χ0n) is 14.3. The predicted octanol–water partition coefficient (Wildman–Crippen LogP) is 3.58. The molecule has 2 bridgehead atoms. The van der Waals surface area contributed by atoms with Crippen LogP contribution in [0.2, 0.25) is 0 Å². The molecule has 1 N–H and O–H groups in total. The van der Waals surface area contributed by atoms with Crippen LogP contribution in [0, 0.1) is 5.92 Å². The third-order valence-electron chi connectivity index (χ3n) is 6.18. The number of fused-ring (bicyclic) bond motifs is 1. The number of ether oxygens (including phenoxy) is 1. The number of benzene rings is 2. The average molecular weight is 333 g/mol. The van der Waals surface area contributed by atoms with Crippen molar-refractivity contribution in [2.24, 2.45) is 5.92 Å². The molecule has 0 aromatic heterocycles. The second-order valence-electron chi connectivity index (χ2n) is 7.53. The Morgan fingerprint density at radius 2 is 1.64 bits per heavy atom. The van der Waals surface area contributed by atoms with E-state index in [4.69, 9.17) is 4.74 Å². The standard InChI is InChI=1S/C22H23NO2/c24-22(20-10-5-11-25-20)23-13-14-12-19-15-6-1-3-8-17(15)21(14)18-9-4-2-7-16(18)19/h1-4,6-9,14,19-21H,5,10-13H2,(H,23,24)/t14-,19?,20+,21?/m1/s1. The van der Waals surface area contributed by atoms with E-state index in [2.05, 4.69) is 53.8 Å². The van der Waals surface area contributed by atoms with Gasteiger partial charge in [0, 0.05) is 25.0 Å². The van der Waals surface area contributed by atoms with Gasteiger partial charge in [-0.05, 0) is 47.4 Å². The van der Waals surface area contributed by atoms with Crippen LogP contribution in [0.1, 0.15) is 53.4 Å². The smallest absolute Gasteiger partial charge is 0.249 e. The SMILES string of the molecule is O=C(NC[C@H]1CC2c3ccccc3C1c1ccccc12)[C@@H]1CCCO1. The molecule has 3 nitrogen and oxygen atoms in total. The van der Waals surface area contributed by atoms with Gasteiger partial charge in [0.05, 0.1) is 0 Å². The summed E-state index contributed by atoms with van der Waals surface area (Å²) in [7, 11) is 0. The van der Waals surface area contributed by atoms with Crippen LogP contribution in [0.4, 0.5) is 0 Å². The summed E-state index contributed by atoms with van der Waals surface area (Å²) >= 11 is 0. The van der Waals surface area contributed by atoms with E-state index >= 15 is 0 Å². The van der Waals surface area contributed by atoms with Gasteiger partial charge in [0.1, 0.15) is 6.10 Å². The highest BCUT2D eigenvalue weighted by atomic mass is 16.5. The van der Waals surface area contributed by atoms with Crippen LogP contribution in [0.3, 0.4) is 0 Å². The van der Waals surface area contributed by atoms with Crippen molar-refractivity contribution in [3.05, 3.63) is 70.8 Å². The Labute approximate surface area is 148 Å². The molecule has 2 aromatic carbocycles. The van der Waals surface area contributed by atoms with Crippen molar-refractivity contribution >= 4 is 5.91 Å². The molecular weight excluding hydrogens is 310 g/mol. The van der Waals surface area contributed by atoms with Crippen molar-refractivity contribution in [2.45, 2.75) is 37.2 Å². The molecule has 2 aromatic rings. The van der Waals surface area contributed by atoms with Crippen LogP contribution in [0.15, 0.2) is 48.5 Å². The van der Waals surface area contributed by atoms with Crippen molar-refractivity contribution in [1.82, 2.24) is 5.32 Å². The number of hydrogen-bond acceptors (Lipinski definition) is 2. The minimum Gasteiger partial charge on any atom is -0.368 e. The molecule has 1 aliphatic heterocycles. The molecule has 0 unspecified atom stereocenters. The largest absolute Gasteiger partial charge is 0.368 e. The van der Waals surface area contributed by atoms with E-state index in [1.165, 1.54) is 22.3 Å². The normalized spacial score (nSPS) is 29.1. The zero-order valence-corrected chi connectivity index (χ0v) is 14.3. The summed E-state index contributed by atoms with van der Waals surface area (Å²) in [5.41, 5.74) is 5.86. The van der Waals surface area contributed by atoms with Crippen molar-refractivity contribution in [3.8, 4) is 0 Å². The van der Waals surface area contributed by atoms with Crippen LogP contribution in [-0.2, 0) is 9.53 Å². The molecule has 0 radical (unpaired) electrons. The van der Waals surface area contributed by atoms with Gasteiger partial charge < -0.3 is 10.1 Å². The van der Waals surface area contributed by atoms with Gasteiger partial charge in [-0.3, -0.25) is 4.79 Å². The highest BCUT2D eigenvalue weighted by Gasteiger charge is 2.43. The van der Waals surface area contributed by atoms with Gasteiger partial charge in [0.2, 0.25) is 5.91 Å². The summed E-state index contributed by atoms with van der Waals surface area (Å²) in [5, 5.41) is 3.18. The van der Waals surface area contributed by atoms with E-state index in [1.54, 1.807) is 0 Å². The Morgan fingerprint density at radius 3 is 2.24 bits per heavy atom. The van der Waals surface area contributed by atoms with E-state index in [0.717, 1.165) is 25.8 Å². The van der Waals surface area contributed by atoms with Gasteiger partial charge in [0.15, 0.2) is 0 Å². The fourth-order valence-corrected chi connectivity index (χ4v) is 5.09. The van der Waals surface area contributed by atoms with Gasteiger partial charge in [-0.15, -0.1) is 0 Å². The highest BCUT2D eigenvalue weighted by molar-refractivity contribution is 5.81. The summed E-state index contributed by atoms with van der Waals surface area (Å²) in [6.45, 7) is 1.45. The van der Waals surface area contributed by atoms with E-state index < -0.39 is 0 Å². The van der Waals surface area contributed by atoms with Crippen LogP contribution >= 0.6 is 0 Å². The van der Waals surface area contributed by atoms with Crippen molar-refractivity contribution in [2.75, 3.05) is 13.2 Å². The summed E-state index contributed by atoms with van der Waals surface area (Å²) in [6, 6.07) is 17.7. The lowest BCUT2D eigenvalue weighted by Gasteiger charge is -2.45. The Bertz CT molecular complexity index is 762. The highest BCUT2D eigenvalue weighted by Crippen LogP contribution is 2.55. The first-order valence-corrected chi connectivity index (χ1v) is 9.40. The minimum absolute atomic E-state index is 0.0699. The van der Waals surface area contributed by atoms with Crippen molar-refractivity contribution < 1.29 is 9.53 Å². The Kier molecular flexibility index (Phi) is 3.63. The molecule has 25 heavy (non-hydrogen) atoms. The molecule has 1 heterocycles. The van der Waals surface area contributed by atoms with Gasteiger partial charge in [0.25, 0.3) is 0 Å². The fraction of sp³-hybridized carbons (Fsp3) is 0.409. The molecule has 4 aliphatic rings. The molecule has 0 spiro atoms. The van der Waals surface area contributed by atoms with Crippen LogP contribution < -0.4 is 5.32 Å². The lowest BCUT2D eigenvalue weighted by molar-refractivity contribution is -0.130. The Balaban J connectivity index is 1.43. The van der Waals surface area contributed by atoms with Crippen LogP contribution in [0.25, 0.3) is 0 Å². The topological polar surface area (TPSA) is 38.3 Å². The summed E-state index contributed by atoms with van der Waals surface area (Å²) in [4.78, 5) is 12.3. The number of nitrogens with one attached hydrogen (secondary N) is 1. The van der Waals surface area contributed by atoms with Gasteiger partial charge >= 0.3 is 0 Å².